The first kappa shape index (κ1) is 10.9. The van der Waals surface area contributed by atoms with Crippen molar-refractivity contribution in [3.63, 3.8) is 0 Å². The number of hydrogen-bond donors (Lipinski definition) is 1. The Hall–Kier alpha value is -1.57. The number of aryl methyl sites for hydroxylation is 1. The first-order chi connectivity index (χ1) is 7.75. The Balaban J connectivity index is 2.01. The van der Waals surface area contributed by atoms with Crippen molar-refractivity contribution in [2.45, 2.75) is 32.1 Å². The standard InChI is InChI=1S/C14H16O2/c15-14(16)10-7-11-5-8-13(9-6-11)12-3-1-2-4-12/h3,5-6,8-9H,1-2,4,7,10H2,(H,15,16). The number of allylic oxidation sites excluding steroid dienone is 2. The van der Waals surface area contributed by atoms with Crippen LogP contribution in [0.3, 0.4) is 0 Å². The molecule has 0 spiro atoms. The van der Waals surface area contributed by atoms with Crippen LogP contribution in [0, 0.1) is 0 Å². The van der Waals surface area contributed by atoms with Crippen molar-refractivity contribution in [2.75, 3.05) is 0 Å². The van der Waals surface area contributed by atoms with E-state index in [0.717, 1.165) is 5.56 Å². The van der Waals surface area contributed by atoms with E-state index in [2.05, 4.69) is 18.2 Å². The third kappa shape index (κ3) is 2.72. The minimum atomic E-state index is -0.734. The Kier molecular flexibility index (Phi) is 3.40. The van der Waals surface area contributed by atoms with E-state index < -0.39 is 5.97 Å². The Bertz CT molecular complexity index is 401. The lowest BCUT2D eigenvalue weighted by Crippen LogP contribution is -1.97. The minimum Gasteiger partial charge on any atom is -0.481 e. The van der Waals surface area contributed by atoms with Crippen molar-refractivity contribution < 1.29 is 9.90 Å². The molecule has 0 bridgehead atoms. The van der Waals surface area contributed by atoms with E-state index in [1.807, 2.05) is 12.1 Å². The van der Waals surface area contributed by atoms with Gasteiger partial charge in [-0.3, -0.25) is 4.79 Å². The topological polar surface area (TPSA) is 37.3 Å². The first-order valence-corrected chi connectivity index (χ1v) is 5.76. The summed E-state index contributed by atoms with van der Waals surface area (Å²) < 4.78 is 0. The first-order valence-electron chi connectivity index (χ1n) is 5.76. The van der Waals surface area contributed by atoms with Crippen molar-refractivity contribution in [2.24, 2.45) is 0 Å². The molecule has 0 aliphatic heterocycles. The van der Waals surface area contributed by atoms with Gasteiger partial charge >= 0.3 is 5.97 Å². The van der Waals surface area contributed by atoms with E-state index in [1.165, 1.54) is 30.4 Å². The lowest BCUT2D eigenvalue weighted by molar-refractivity contribution is -0.136. The highest BCUT2D eigenvalue weighted by Gasteiger charge is 2.06. The molecule has 16 heavy (non-hydrogen) atoms. The predicted octanol–water partition coefficient (Wildman–Crippen LogP) is 3.27. The molecule has 1 aliphatic carbocycles. The van der Waals surface area contributed by atoms with Crippen LogP contribution in [0.5, 0.6) is 0 Å². The number of carbonyl (C=O) groups is 1. The second kappa shape index (κ2) is 4.97. The highest BCUT2D eigenvalue weighted by Crippen LogP contribution is 2.27. The molecule has 0 radical (unpaired) electrons. The molecular formula is C14H16O2. The Morgan fingerprint density at radius 2 is 2.00 bits per heavy atom. The van der Waals surface area contributed by atoms with Gasteiger partial charge in [-0.2, -0.15) is 0 Å². The molecule has 0 aromatic heterocycles. The number of hydrogen-bond acceptors (Lipinski definition) is 1. The third-order valence-corrected chi connectivity index (χ3v) is 2.99. The fourth-order valence-electron chi connectivity index (χ4n) is 2.07. The van der Waals surface area contributed by atoms with Crippen LogP contribution in [0.1, 0.15) is 36.8 Å². The fourth-order valence-corrected chi connectivity index (χ4v) is 2.07. The summed E-state index contributed by atoms with van der Waals surface area (Å²) in [6, 6.07) is 8.29. The lowest BCUT2D eigenvalue weighted by Gasteiger charge is -2.04. The molecule has 0 unspecified atom stereocenters. The van der Waals surface area contributed by atoms with E-state index in [1.54, 1.807) is 0 Å². The summed E-state index contributed by atoms with van der Waals surface area (Å²) in [5.41, 5.74) is 3.83. The van der Waals surface area contributed by atoms with Gasteiger partial charge in [-0.25, -0.2) is 0 Å². The molecule has 2 rings (SSSR count). The van der Waals surface area contributed by atoms with E-state index in [0.29, 0.717) is 6.42 Å². The summed E-state index contributed by atoms with van der Waals surface area (Å²) in [4.78, 5) is 10.4. The maximum Gasteiger partial charge on any atom is 0.303 e. The molecule has 2 heteroatoms. The van der Waals surface area contributed by atoms with E-state index in [9.17, 15) is 4.79 Å². The average Bonchev–Trinajstić information content (AvgIpc) is 2.80. The van der Waals surface area contributed by atoms with Crippen LogP contribution in [0.15, 0.2) is 30.3 Å². The van der Waals surface area contributed by atoms with Gasteiger partial charge in [-0.15, -0.1) is 0 Å². The Morgan fingerprint density at radius 1 is 1.25 bits per heavy atom. The molecule has 0 amide bonds. The quantitative estimate of drug-likeness (QED) is 0.838. The summed E-state index contributed by atoms with van der Waals surface area (Å²) in [7, 11) is 0. The Labute approximate surface area is 95.6 Å². The van der Waals surface area contributed by atoms with E-state index in [4.69, 9.17) is 5.11 Å². The zero-order chi connectivity index (χ0) is 11.4. The molecule has 0 atom stereocenters. The highest BCUT2D eigenvalue weighted by atomic mass is 16.4. The zero-order valence-corrected chi connectivity index (χ0v) is 9.28. The van der Waals surface area contributed by atoms with E-state index in [-0.39, 0.29) is 6.42 Å². The van der Waals surface area contributed by atoms with Gasteiger partial charge in [0.2, 0.25) is 0 Å². The summed E-state index contributed by atoms with van der Waals surface area (Å²) in [6.45, 7) is 0. The molecule has 1 aliphatic rings. The summed E-state index contributed by atoms with van der Waals surface area (Å²) in [5, 5.41) is 8.59. The summed E-state index contributed by atoms with van der Waals surface area (Å²) >= 11 is 0. The van der Waals surface area contributed by atoms with Gasteiger partial charge in [0.15, 0.2) is 0 Å². The van der Waals surface area contributed by atoms with Gasteiger partial charge in [0.05, 0.1) is 0 Å². The van der Waals surface area contributed by atoms with Gasteiger partial charge in [0, 0.05) is 6.42 Å². The van der Waals surface area contributed by atoms with Gasteiger partial charge in [0.1, 0.15) is 0 Å². The predicted molar refractivity (Wildman–Crippen MR) is 64.2 cm³/mol. The maximum absolute atomic E-state index is 10.4. The summed E-state index contributed by atoms with van der Waals surface area (Å²) in [5.74, 6) is -0.734. The molecule has 1 N–H and O–H groups in total. The van der Waals surface area contributed by atoms with Gasteiger partial charge in [0.25, 0.3) is 0 Å². The number of carboxylic acids is 1. The third-order valence-electron chi connectivity index (χ3n) is 2.99. The van der Waals surface area contributed by atoms with Crippen LogP contribution in [-0.4, -0.2) is 11.1 Å². The molecule has 0 fully saturated rings. The molecule has 1 aromatic carbocycles. The molecule has 0 heterocycles. The highest BCUT2D eigenvalue weighted by molar-refractivity contribution is 5.68. The molecule has 1 aromatic rings. The van der Waals surface area contributed by atoms with Crippen LogP contribution in [-0.2, 0) is 11.2 Å². The molecule has 84 valence electrons. The van der Waals surface area contributed by atoms with Crippen molar-refractivity contribution in [3.8, 4) is 0 Å². The van der Waals surface area contributed by atoms with Crippen molar-refractivity contribution in [1.29, 1.82) is 0 Å². The monoisotopic (exact) mass is 216 g/mol. The molecular weight excluding hydrogens is 200 g/mol. The van der Waals surface area contributed by atoms with Gasteiger partial charge in [-0.1, -0.05) is 30.3 Å². The largest absolute Gasteiger partial charge is 0.481 e. The van der Waals surface area contributed by atoms with Crippen molar-refractivity contribution in [3.05, 3.63) is 41.5 Å². The number of aliphatic carboxylic acids is 1. The second-order valence-electron chi connectivity index (χ2n) is 4.21. The van der Waals surface area contributed by atoms with E-state index >= 15 is 0 Å². The molecule has 2 nitrogen and oxygen atoms in total. The van der Waals surface area contributed by atoms with Crippen LogP contribution >= 0.6 is 0 Å². The fraction of sp³-hybridized carbons (Fsp3) is 0.357. The second-order valence-corrected chi connectivity index (χ2v) is 4.21. The van der Waals surface area contributed by atoms with Crippen molar-refractivity contribution in [1.82, 2.24) is 0 Å². The smallest absolute Gasteiger partial charge is 0.303 e. The zero-order valence-electron chi connectivity index (χ0n) is 9.28. The molecule has 0 saturated carbocycles. The number of benzene rings is 1. The SMILES string of the molecule is O=C(O)CCc1ccc(C2=CCCC2)cc1. The molecule has 0 saturated heterocycles. The van der Waals surface area contributed by atoms with Crippen LogP contribution in [0.2, 0.25) is 0 Å². The van der Waals surface area contributed by atoms with Crippen LogP contribution in [0.25, 0.3) is 5.57 Å². The van der Waals surface area contributed by atoms with Crippen molar-refractivity contribution >= 4 is 11.5 Å². The normalized spacial score (nSPS) is 14.9. The van der Waals surface area contributed by atoms with Gasteiger partial charge < -0.3 is 5.11 Å². The van der Waals surface area contributed by atoms with Crippen LogP contribution < -0.4 is 0 Å². The number of rotatable bonds is 4. The van der Waals surface area contributed by atoms with Crippen LogP contribution in [0.4, 0.5) is 0 Å². The Morgan fingerprint density at radius 3 is 2.56 bits per heavy atom. The number of carboxylic acid groups (broad SMARTS) is 1. The average molecular weight is 216 g/mol. The minimum absolute atomic E-state index is 0.210. The maximum atomic E-state index is 10.4. The lowest BCUT2D eigenvalue weighted by atomic mass is 10.0. The van der Waals surface area contributed by atoms with Gasteiger partial charge in [-0.05, 0) is 42.4 Å². The summed E-state index contributed by atoms with van der Waals surface area (Å²) in [6.07, 6.45) is 6.75.